The minimum atomic E-state index is 0.614. The highest BCUT2D eigenvalue weighted by atomic mass is 32.1. The van der Waals surface area contributed by atoms with E-state index in [0.717, 1.165) is 12.8 Å². The fourth-order valence-corrected chi connectivity index (χ4v) is 3.68. The second kappa shape index (κ2) is 4.85. The van der Waals surface area contributed by atoms with Crippen LogP contribution >= 0.6 is 11.3 Å². The highest BCUT2D eigenvalue weighted by molar-refractivity contribution is 7.15. The van der Waals surface area contributed by atoms with Crippen molar-refractivity contribution in [3.63, 3.8) is 0 Å². The summed E-state index contributed by atoms with van der Waals surface area (Å²) in [6.45, 7) is 0. The van der Waals surface area contributed by atoms with Crippen LogP contribution in [0.5, 0.6) is 0 Å². The molecule has 1 aromatic heterocycles. The number of fused-ring (bicyclic) bond motifs is 1. The fraction of sp³-hybridized carbons (Fsp3) is 0.400. The van der Waals surface area contributed by atoms with E-state index in [-0.39, 0.29) is 0 Å². The predicted molar refractivity (Wildman–Crippen MR) is 82.1 cm³/mol. The summed E-state index contributed by atoms with van der Waals surface area (Å²) in [5.74, 6) is 0.614. The summed E-state index contributed by atoms with van der Waals surface area (Å²) in [5.41, 5.74) is 9.71. The highest BCUT2D eigenvalue weighted by Crippen LogP contribution is 2.36. The first kappa shape index (κ1) is 12.5. The monoisotopic (exact) mass is 273 g/mol. The number of nitrogen functional groups attached to an aromatic ring is 1. The van der Waals surface area contributed by atoms with Gasteiger partial charge in [0, 0.05) is 24.7 Å². The molecule has 0 saturated heterocycles. The van der Waals surface area contributed by atoms with Crippen molar-refractivity contribution in [3.8, 4) is 0 Å². The maximum absolute atomic E-state index is 5.80. The molecule has 3 nitrogen and oxygen atoms in total. The molecule has 0 radical (unpaired) electrons. The van der Waals surface area contributed by atoms with E-state index in [1.165, 1.54) is 28.2 Å². The van der Waals surface area contributed by atoms with Gasteiger partial charge in [-0.1, -0.05) is 12.1 Å². The third-order valence-electron chi connectivity index (χ3n) is 3.84. The summed E-state index contributed by atoms with van der Waals surface area (Å²) < 4.78 is 0. The van der Waals surface area contributed by atoms with E-state index in [1.54, 1.807) is 11.3 Å². The Morgan fingerprint density at radius 3 is 2.68 bits per heavy atom. The molecule has 0 spiro atoms. The lowest BCUT2D eigenvalue weighted by atomic mass is 9.85. The number of nitrogens with two attached hydrogens (primary N) is 1. The molecule has 3 rings (SSSR count). The topological polar surface area (TPSA) is 42.2 Å². The number of hydrogen-bond donors (Lipinski definition) is 1. The Kier molecular flexibility index (Phi) is 3.19. The standard InChI is InChI=1S/C15H19N3S/c1-18(2)12-6-3-10(4-7-12)11-5-8-13-14(9-11)19-15(16)17-13/h3-4,6-7,11H,5,8-9H2,1-2H3,(H2,16,17). The quantitative estimate of drug-likeness (QED) is 0.914. The van der Waals surface area contributed by atoms with Gasteiger partial charge in [0.05, 0.1) is 5.69 Å². The van der Waals surface area contributed by atoms with E-state index in [2.05, 4.69) is 48.2 Å². The fourth-order valence-electron chi connectivity index (χ4n) is 2.72. The number of benzene rings is 1. The van der Waals surface area contributed by atoms with Gasteiger partial charge < -0.3 is 10.6 Å². The molecule has 0 fully saturated rings. The van der Waals surface area contributed by atoms with Gasteiger partial charge in [-0.2, -0.15) is 0 Å². The number of thiazole rings is 1. The molecule has 1 atom stereocenters. The molecule has 0 saturated carbocycles. The molecule has 1 aromatic carbocycles. The van der Waals surface area contributed by atoms with E-state index in [1.807, 2.05) is 0 Å². The van der Waals surface area contributed by atoms with Crippen molar-refractivity contribution in [1.82, 2.24) is 4.98 Å². The Morgan fingerprint density at radius 2 is 2.00 bits per heavy atom. The van der Waals surface area contributed by atoms with Gasteiger partial charge in [-0.15, -0.1) is 11.3 Å². The van der Waals surface area contributed by atoms with Crippen LogP contribution in [0.3, 0.4) is 0 Å². The molecule has 2 aromatic rings. The summed E-state index contributed by atoms with van der Waals surface area (Å²) in [7, 11) is 4.14. The third-order valence-corrected chi connectivity index (χ3v) is 4.79. The summed E-state index contributed by atoms with van der Waals surface area (Å²) >= 11 is 1.66. The zero-order chi connectivity index (χ0) is 13.4. The Morgan fingerprint density at radius 1 is 1.26 bits per heavy atom. The molecule has 1 unspecified atom stereocenters. The first-order valence-electron chi connectivity index (χ1n) is 6.65. The Hall–Kier alpha value is -1.55. The van der Waals surface area contributed by atoms with E-state index in [0.29, 0.717) is 11.0 Å². The van der Waals surface area contributed by atoms with Crippen LogP contribution in [0, 0.1) is 0 Å². The second-order valence-electron chi connectivity index (χ2n) is 5.35. The van der Waals surface area contributed by atoms with Crippen molar-refractivity contribution in [3.05, 3.63) is 40.4 Å². The van der Waals surface area contributed by atoms with Crippen LogP contribution in [-0.2, 0) is 12.8 Å². The zero-order valence-corrected chi connectivity index (χ0v) is 12.2. The number of aromatic nitrogens is 1. The van der Waals surface area contributed by atoms with Gasteiger partial charge in [-0.25, -0.2) is 4.98 Å². The van der Waals surface area contributed by atoms with Crippen molar-refractivity contribution in [2.24, 2.45) is 0 Å². The van der Waals surface area contributed by atoms with Gasteiger partial charge in [0.15, 0.2) is 5.13 Å². The molecular weight excluding hydrogens is 254 g/mol. The lowest BCUT2D eigenvalue weighted by Gasteiger charge is -2.22. The van der Waals surface area contributed by atoms with Crippen LogP contribution in [-0.4, -0.2) is 19.1 Å². The van der Waals surface area contributed by atoms with Crippen molar-refractivity contribution < 1.29 is 0 Å². The van der Waals surface area contributed by atoms with E-state index >= 15 is 0 Å². The zero-order valence-electron chi connectivity index (χ0n) is 11.4. The molecule has 1 aliphatic carbocycles. The van der Waals surface area contributed by atoms with Gasteiger partial charge in [0.1, 0.15) is 0 Å². The number of hydrogen-bond acceptors (Lipinski definition) is 4. The Balaban J connectivity index is 1.80. The summed E-state index contributed by atoms with van der Waals surface area (Å²) in [6, 6.07) is 8.92. The van der Waals surface area contributed by atoms with E-state index < -0.39 is 0 Å². The van der Waals surface area contributed by atoms with Crippen molar-refractivity contribution in [2.45, 2.75) is 25.2 Å². The van der Waals surface area contributed by atoms with Gasteiger partial charge in [-0.05, 0) is 42.9 Å². The van der Waals surface area contributed by atoms with E-state index in [4.69, 9.17) is 5.73 Å². The van der Waals surface area contributed by atoms with Gasteiger partial charge in [0.2, 0.25) is 0 Å². The number of rotatable bonds is 2. The summed E-state index contributed by atoms with van der Waals surface area (Å²) in [6.07, 6.45) is 3.33. The van der Waals surface area contributed by atoms with Gasteiger partial charge in [0.25, 0.3) is 0 Å². The maximum atomic E-state index is 5.80. The average Bonchev–Trinajstić information content (AvgIpc) is 2.77. The first-order chi connectivity index (χ1) is 9.13. The Labute approximate surface area is 118 Å². The SMILES string of the molecule is CN(C)c1ccc(C2CCc3nc(N)sc3C2)cc1. The minimum absolute atomic E-state index is 0.614. The number of anilines is 2. The second-order valence-corrected chi connectivity index (χ2v) is 6.46. The van der Waals surface area contributed by atoms with Crippen molar-refractivity contribution in [1.29, 1.82) is 0 Å². The molecule has 0 bridgehead atoms. The predicted octanol–water partition coefficient (Wildman–Crippen LogP) is 3.06. The molecule has 1 aliphatic rings. The van der Waals surface area contributed by atoms with E-state index in [9.17, 15) is 0 Å². The molecule has 1 heterocycles. The number of aryl methyl sites for hydroxylation is 1. The molecule has 0 aliphatic heterocycles. The van der Waals surface area contributed by atoms with Crippen molar-refractivity contribution >= 4 is 22.2 Å². The largest absolute Gasteiger partial charge is 0.378 e. The normalized spacial score (nSPS) is 18.1. The molecule has 19 heavy (non-hydrogen) atoms. The number of nitrogens with zero attached hydrogens (tertiary/aromatic N) is 2. The maximum Gasteiger partial charge on any atom is 0.180 e. The molecule has 2 N–H and O–H groups in total. The molecular formula is C15H19N3S. The molecule has 4 heteroatoms. The van der Waals surface area contributed by atoms with Gasteiger partial charge >= 0.3 is 0 Å². The van der Waals surface area contributed by atoms with Crippen LogP contribution in [0.15, 0.2) is 24.3 Å². The van der Waals surface area contributed by atoms with Crippen LogP contribution in [0.2, 0.25) is 0 Å². The lowest BCUT2D eigenvalue weighted by molar-refractivity contribution is 0.585. The third kappa shape index (κ3) is 2.45. The minimum Gasteiger partial charge on any atom is -0.378 e. The van der Waals surface area contributed by atoms with Gasteiger partial charge in [-0.3, -0.25) is 0 Å². The van der Waals surface area contributed by atoms with Crippen LogP contribution in [0.1, 0.15) is 28.5 Å². The smallest absolute Gasteiger partial charge is 0.180 e. The van der Waals surface area contributed by atoms with Crippen LogP contribution < -0.4 is 10.6 Å². The molecule has 0 amide bonds. The highest BCUT2D eigenvalue weighted by Gasteiger charge is 2.23. The Bertz CT molecular complexity index is 572. The molecule has 100 valence electrons. The summed E-state index contributed by atoms with van der Waals surface area (Å²) in [5, 5.41) is 0.716. The lowest BCUT2D eigenvalue weighted by Crippen LogP contribution is -2.12. The first-order valence-corrected chi connectivity index (χ1v) is 7.46. The summed E-state index contributed by atoms with van der Waals surface area (Å²) in [4.78, 5) is 7.92. The van der Waals surface area contributed by atoms with Crippen LogP contribution in [0.4, 0.5) is 10.8 Å². The average molecular weight is 273 g/mol. The van der Waals surface area contributed by atoms with Crippen LogP contribution in [0.25, 0.3) is 0 Å². The van der Waals surface area contributed by atoms with Crippen molar-refractivity contribution in [2.75, 3.05) is 24.7 Å².